The van der Waals surface area contributed by atoms with E-state index in [0.29, 0.717) is 31.2 Å². The van der Waals surface area contributed by atoms with E-state index in [-0.39, 0.29) is 18.5 Å². The van der Waals surface area contributed by atoms with Gasteiger partial charge in [0.05, 0.1) is 24.6 Å². The first-order chi connectivity index (χ1) is 10.8. The molecule has 1 fully saturated rings. The third-order valence-electron chi connectivity index (χ3n) is 4.15. The van der Waals surface area contributed by atoms with E-state index in [0.717, 1.165) is 6.42 Å². The molecule has 2 atom stereocenters. The third-order valence-corrected chi connectivity index (χ3v) is 4.15. The van der Waals surface area contributed by atoms with Crippen LogP contribution in [0.4, 0.5) is 13.6 Å². The Labute approximate surface area is 134 Å². The lowest BCUT2D eigenvalue weighted by molar-refractivity contribution is 0.0975. The maximum absolute atomic E-state index is 12.4. The van der Waals surface area contributed by atoms with E-state index in [9.17, 15) is 13.6 Å². The topological polar surface area (TPSA) is 70.4 Å². The van der Waals surface area contributed by atoms with Gasteiger partial charge in [-0.3, -0.25) is 4.90 Å². The standard InChI is InChI=1S/C15H24F2N4O2/c1-10(2)14(19-15(22)23)12-7-21(9-18-12)6-11-3-4-20(5-11)8-13(16)17/h7,9-11,13-14,19H,3-6,8H2,1-2H3,(H,22,23)/t11-,14?/m1/s1. The van der Waals surface area contributed by atoms with Crippen LogP contribution in [0.1, 0.15) is 32.0 Å². The summed E-state index contributed by atoms with van der Waals surface area (Å²) in [4.78, 5) is 17.0. The lowest BCUT2D eigenvalue weighted by Gasteiger charge is -2.18. The molecule has 6 nitrogen and oxygen atoms in total. The van der Waals surface area contributed by atoms with Crippen molar-refractivity contribution in [1.82, 2.24) is 19.8 Å². The molecule has 0 aliphatic carbocycles. The minimum Gasteiger partial charge on any atom is -0.465 e. The van der Waals surface area contributed by atoms with E-state index in [1.54, 1.807) is 11.2 Å². The molecule has 2 heterocycles. The number of nitrogens with one attached hydrogen (secondary N) is 1. The number of halogens is 2. The Morgan fingerprint density at radius 2 is 2.26 bits per heavy atom. The van der Waals surface area contributed by atoms with Gasteiger partial charge in [0, 0.05) is 19.3 Å². The summed E-state index contributed by atoms with van der Waals surface area (Å²) in [5, 5.41) is 11.4. The third kappa shape index (κ3) is 5.16. The van der Waals surface area contributed by atoms with E-state index in [4.69, 9.17) is 5.11 Å². The maximum atomic E-state index is 12.4. The number of carboxylic acid groups (broad SMARTS) is 1. The van der Waals surface area contributed by atoms with Crippen LogP contribution in [0.25, 0.3) is 0 Å². The molecule has 23 heavy (non-hydrogen) atoms. The predicted octanol–water partition coefficient (Wildman–Crippen LogP) is 2.43. The Morgan fingerprint density at radius 3 is 2.87 bits per heavy atom. The molecule has 8 heteroatoms. The number of imidazole rings is 1. The van der Waals surface area contributed by atoms with Crippen molar-refractivity contribution in [2.24, 2.45) is 11.8 Å². The van der Waals surface area contributed by atoms with Gasteiger partial charge >= 0.3 is 6.09 Å². The molecule has 1 aliphatic rings. The molecule has 1 amide bonds. The van der Waals surface area contributed by atoms with Crippen molar-refractivity contribution in [2.75, 3.05) is 19.6 Å². The van der Waals surface area contributed by atoms with Gasteiger partial charge in [0.1, 0.15) is 0 Å². The van der Waals surface area contributed by atoms with Gasteiger partial charge in [-0.25, -0.2) is 18.6 Å². The van der Waals surface area contributed by atoms with Crippen molar-refractivity contribution in [3.63, 3.8) is 0 Å². The molecule has 0 spiro atoms. The summed E-state index contributed by atoms with van der Waals surface area (Å²) >= 11 is 0. The van der Waals surface area contributed by atoms with Crippen LogP contribution in [0.5, 0.6) is 0 Å². The molecule has 0 bridgehead atoms. The fraction of sp³-hybridized carbons (Fsp3) is 0.733. The molecule has 1 saturated heterocycles. The number of amides is 1. The van der Waals surface area contributed by atoms with Crippen LogP contribution in [-0.2, 0) is 6.54 Å². The number of hydrogen-bond donors (Lipinski definition) is 2. The molecule has 1 aliphatic heterocycles. The molecule has 0 saturated carbocycles. The Morgan fingerprint density at radius 1 is 1.52 bits per heavy atom. The Hall–Kier alpha value is -1.70. The fourth-order valence-corrected chi connectivity index (χ4v) is 3.07. The highest BCUT2D eigenvalue weighted by Gasteiger charge is 2.25. The molecule has 0 aromatic carbocycles. The largest absolute Gasteiger partial charge is 0.465 e. The Bertz CT molecular complexity index is 521. The summed E-state index contributed by atoms with van der Waals surface area (Å²) in [5.74, 6) is 0.406. The van der Waals surface area contributed by atoms with Crippen molar-refractivity contribution in [1.29, 1.82) is 0 Å². The second-order valence-electron chi connectivity index (χ2n) is 6.47. The second kappa shape index (κ2) is 7.72. The molecular formula is C15H24F2N4O2. The highest BCUT2D eigenvalue weighted by atomic mass is 19.3. The van der Waals surface area contributed by atoms with Crippen LogP contribution < -0.4 is 5.32 Å². The van der Waals surface area contributed by atoms with Gasteiger partial charge in [-0.1, -0.05) is 13.8 Å². The molecule has 1 unspecified atom stereocenters. The highest BCUT2D eigenvalue weighted by Crippen LogP contribution is 2.22. The number of carbonyl (C=O) groups is 1. The Balaban J connectivity index is 1.93. The summed E-state index contributed by atoms with van der Waals surface area (Å²) in [6.07, 6.45) is 1.06. The molecule has 0 radical (unpaired) electrons. The summed E-state index contributed by atoms with van der Waals surface area (Å²) in [6, 6.07) is -0.354. The lowest BCUT2D eigenvalue weighted by atomic mass is 10.0. The highest BCUT2D eigenvalue weighted by molar-refractivity contribution is 5.65. The van der Waals surface area contributed by atoms with E-state index < -0.39 is 12.5 Å². The van der Waals surface area contributed by atoms with E-state index in [1.807, 2.05) is 24.6 Å². The van der Waals surface area contributed by atoms with Gasteiger partial charge in [0.25, 0.3) is 6.43 Å². The van der Waals surface area contributed by atoms with Gasteiger partial charge in [-0.15, -0.1) is 0 Å². The fourth-order valence-electron chi connectivity index (χ4n) is 3.07. The zero-order chi connectivity index (χ0) is 17.0. The number of alkyl halides is 2. The van der Waals surface area contributed by atoms with Crippen molar-refractivity contribution < 1.29 is 18.7 Å². The first-order valence-corrected chi connectivity index (χ1v) is 7.86. The molecular weight excluding hydrogens is 306 g/mol. The van der Waals surface area contributed by atoms with Crippen molar-refractivity contribution in [3.8, 4) is 0 Å². The van der Waals surface area contributed by atoms with E-state index in [2.05, 4.69) is 10.3 Å². The zero-order valence-corrected chi connectivity index (χ0v) is 13.5. The Kier molecular flexibility index (Phi) is 5.92. The molecule has 2 N–H and O–H groups in total. The molecule has 1 aromatic rings. The summed E-state index contributed by atoms with van der Waals surface area (Å²) < 4.78 is 26.7. The van der Waals surface area contributed by atoms with Crippen molar-refractivity contribution in [3.05, 3.63) is 18.2 Å². The quantitative estimate of drug-likeness (QED) is 0.805. The van der Waals surface area contributed by atoms with Gasteiger partial charge in [-0.2, -0.15) is 0 Å². The van der Waals surface area contributed by atoms with Gasteiger partial charge in [0.2, 0.25) is 0 Å². The van der Waals surface area contributed by atoms with Crippen LogP contribution in [0.3, 0.4) is 0 Å². The predicted molar refractivity (Wildman–Crippen MR) is 81.5 cm³/mol. The van der Waals surface area contributed by atoms with Gasteiger partial charge < -0.3 is 15.0 Å². The first kappa shape index (κ1) is 17.7. The first-order valence-electron chi connectivity index (χ1n) is 7.86. The number of hydrogen-bond acceptors (Lipinski definition) is 3. The van der Waals surface area contributed by atoms with Crippen LogP contribution >= 0.6 is 0 Å². The molecule has 1 aromatic heterocycles. The SMILES string of the molecule is CC(C)C(NC(=O)O)c1cn(C[C@@H]2CCN(CC(F)F)C2)cn1. The average molecular weight is 330 g/mol. The summed E-state index contributed by atoms with van der Waals surface area (Å²) in [7, 11) is 0. The molecule has 2 rings (SSSR count). The number of rotatable bonds is 7. The van der Waals surface area contributed by atoms with Crippen molar-refractivity contribution >= 4 is 6.09 Å². The zero-order valence-electron chi connectivity index (χ0n) is 13.5. The van der Waals surface area contributed by atoms with Crippen LogP contribution in [-0.4, -0.2) is 51.7 Å². The minimum absolute atomic E-state index is 0.0856. The van der Waals surface area contributed by atoms with Crippen LogP contribution in [0.2, 0.25) is 0 Å². The number of nitrogens with zero attached hydrogens (tertiary/aromatic N) is 3. The van der Waals surface area contributed by atoms with Gasteiger partial charge in [-0.05, 0) is 24.8 Å². The van der Waals surface area contributed by atoms with E-state index in [1.165, 1.54) is 0 Å². The number of likely N-dealkylation sites (tertiary alicyclic amines) is 1. The van der Waals surface area contributed by atoms with Crippen LogP contribution in [0.15, 0.2) is 12.5 Å². The van der Waals surface area contributed by atoms with Crippen LogP contribution in [0, 0.1) is 11.8 Å². The summed E-state index contributed by atoms with van der Waals surface area (Å²) in [6.45, 7) is 5.77. The normalized spacial score (nSPS) is 20.3. The monoisotopic (exact) mass is 330 g/mol. The van der Waals surface area contributed by atoms with Gasteiger partial charge in [0.15, 0.2) is 0 Å². The minimum atomic E-state index is -2.29. The second-order valence-corrected chi connectivity index (χ2v) is 6.47. The maximum Gasteiger partial charge on any atom is 0.405 e. The van der Waals surface area contributed by atoms with E-state index >= 15 is 0 Å². The average Bonchev–Trinajstić information content (AvgIpc) is 3.05. The smallest absolute Gasteiger partial charge is 0.405 e. The molecule has 130 valence electrons. The number of aromatic nitrogens is 2. The summed E-state index contributed by atoms with van der Waals surface area (Å²) in [5.41, 5.74) is 0.685. The van der Waals surface area contributed by atoms with Crippen molar-refractivity contribution in [2.45, 2.75) is 39.3 Å². The lowest BCUT2D eigenvalue weighted by Crippen LogP contribution is -2.30.